The van der Waals surface area contributed by atoms with Crippen molar-refractivity contribution < 1.29 is 0 Å². The van der Waals surface area contributed by atoms with Crippen LogP contribution in [-0.2, 0) is 6.54 Å². The molecule has 1 fully saturated rings. The van der Waals surface area contributed by atoms with Gasteiger partial charge < -0.3 is 10.6 Å². The van der Waals surface area contributed by atoms with Gasteiger partial charge in [0.2, 0.25) is 0 Å². The average molecular weight is 225 g/mol. The Kier molecular flexibility index (Phi) is 4.60. The van der Waals surface area contributed by atoms with Crippen molar-refractivity contribution in [3.63, 3.8) is 0 Å². The summed E-state index contributed by atoms with van der Waals surface area (Å²) in [6.07, 6.45) is 0. The Morgan fingerprint density at radius 1 is 1.40 bits per heavy atom. The van der Waals surface area contributed by atoms with E-state index in [1.807, 2.05) is 0 Å². The van der Waals surface area contributed by atoms with E-state index in [-0.39, 0.29) is 0 Å². The summed E-state index contributed by atoms with van der Waals surface area (Å²) in [4.78, 5) is 2.51. The molecule has 1 aromatic rings. The highest BCUT2D eigenvalue weighted by molar-refractivity contribution is 7.07. The van der Waals surface area contributed by atoms with Crippen molar-refractivity contribution in [2.75, 3.05) is 39.3 Å². The number of hydrogen-bond acceptors (Lipinski definition) is 4. The van der Waals surface area contributed by atoms with Crippen LogP contribution in [0.25, 0.3) is 0 Å². The lowest BCUT2D eigenvalue weighted by Crippen LogP contribution is -2.45. The molecule has 0 spiro atoms. The Labute approximate surface area is 95.5 Å². The quantitative estimate of drug-likeness (QED) is 0.724. The fraction of sp³-hybridized carbons (Fsp3) is 0.636. The molecule has 2 heterocycles. The molecule has 0 radical (unpaired) electrons. The molecule has 15 heavy (non-hydrogen) atoms. The molecule has 1 aliphatic heterocycles. The standard InChI is InChI=1S/C11H19N3S/c1-8-15-10-11(1)9-13-4-7-14-5-2-12-3-6-14/h1,8,10,12-13H,2-7,9H2. The lowest BCUT2D eigenvalue weighted by atomic mass is 10.3. The lowest BCUT2D eigenvalue weighted by molar-refractivity contribution is 0.241. The highest BCUT2D eigenvalue weighted by Crippen LogP contribution is 2.04. The Balaban J connectivity index is 1.54. The van der Waals surface area contributed by atoms with Crippen LogP contribution in [0.3, 0.4) is 0 Å². The van der Waals surface area contributed by atoms with Gasteiger partial charge in [0.15, 0.2) is 0 Å². The first-order valence-corrected chi connectivity index (χ1v) is 6.54. The van der Waals surface area contributed by atoms with Gasteiger partial charge >= 0.3 is 0 Å². The molecule has 84 valence electrons. The van der Waals surface area contributed by atoms with Gasteiger partial charge in [-0.25, -0.2) is 0 Å². The first-order valence-electron chi connectivity index (χ1n) is 5.60. The third kappa shape index (κ3) is 3.91. The zero-order chi connectivity index (χ0) is 10.3. The van der Waals surface area contributed by atoms with Crippen LogP contribution in [0, 0.1) is 0 Å². The Morgan fingerprint density at radius 2 is 2.27 bits per heavy atom. The second-order valence-electron chi connectivity index (χ2n) is 3.90. The smallest absolute Gasteiger partial charge is 0.0214 e. The van der Waals surface area contributed by atoms with Crippen LogP contribution in [0.2, 0.25) is 0 Å². The molecule has 1 saturated heterocycles. The van der Waals surface area contributed by atoms with E-state index in [9.17, 15) is 0 Å². The van der Waals surface area contributed by atoms with E-state index in [0.717, 1.165) is 26.2 Å². The largest absolute Gasteiger partial charge is 0.314 e. The van der Waals surface area contributed by atoms with Gasteiger partial charge in [-0.2, -0.15) is 11.3 Å². The minimum atomic E-state index is 1.01. The number of rotatable bonds is 5. The average Bonchev–Trinajstić information content (AvgIpc) is 2.79. The Morgan fingerprint density at radius 3 is 3.00 bits per heavy atom. The number of thiophene rings is 1. The topological polar surface area (TPSA) is 27.3 Å². The predicted molar refractivity (Wildman–Crippen MR) is 65.3 cm³/mol. The summed E-state index contributed by atoms with van der Waals surface area (Å²) >= 11 is 1.77. The van der Waals surface area contributed by atoms with Gasteiger partial charge in [-0.15, -0.1) is 0 Å². The highest BCUT2D eigenvalue weighted by atomic mass is 32.1. The highest BCUT2D eigenvalue weighted by Gasteiger charge is 2.07. The molecule has 4 heteroatoms. The molecule has 0 bridgehead atoms. The summed E-state index contributed by atoms with van der Waals surface area (Å²) in [5, 5.41) is 11.2. The van der Waals surface area contributed by atoms with Crippen LogP contribution >= 0.6 is 11.3 Å². The van der Waals surface area contributed by atoms with E-state index < -0.39 is 0 Å². The van der Waals surface area contributed by atoms with Crippen molar-refractivity contribution >= 4 is 11.3 Å². The summed E-state index contributed by atoms with van der Waals surface area (Å²) in [5.74, 6) is 0. The van der Waals surface area contributed by atoms with Crippen molar-refractivity contribution in [1.82, 2.24) is 15.5 Å². The summed E-state index contributed by atoms with van der Waals surface area (Å²) in [6, 6.07) is 2.18. The normalized spacial score (nSPS) is 18.1. The van der Waals surface area contributed by atoms with Gasteiger partial charge in [0.05, 0.1) is 0 Å². The second kappa shape index (κ2) is 6.23. The van der Waals surface area contributed by atoms with Gasteiger partial charge in [0, 0.05) is 45.8 Å². The van der Waals surface area contributed by atoms with Crippen LogP contribution in [0.1, 0.15) is 5.56 Å². The van der Waals surface area contributed by atoms with E-state index >= 15 is 0 Å². The van der Waals surface area contributed by atoms with Gasteiger partial charge in [-0.3, -0.25) is 4.90 Å². The van der Waals surface area contributed by atoms with Crippen molar-refractivity contribution in [2.45, 2.75) is 6.54 Å². The Bertz CT molecular complexity index is 255. The first-order chi connectivity index (χ1) is 7.45. The van der Waals surface area contributed by atoms with Gasteiger partial charge in [0.1, 0.15) is 0 Å². The maximum Gasteiger partial charge on any atom is 0.0214 e. The molecular formula is C11H19N3S. The predicted octanol–water partition coefficient (Wildman–Crippen LogP) is 0.743. The molecular weight excluding hydrogens is 206 g/mol. The molecule has 2 N–H and O–H groups in total. The maximum atomic E-state index is 3.48. The molecule has 3 nitrogen and oxygen atoms in total. The van der Waals surface area contributed by atoms with E-state index in [2.05, 4.69) is 32.4 Å². The third-order valence-electron chi connectivity index (χ3n) is 2.72. The van der Waals surface area contributed by atoms with Crippen molar-refractivity contribution in [2.24, 2.45) is 0 Å². The molecule has 0 atom stereocenters. The SMILES string of the molecule is c1cc(CNCCN2CCNCC2)cs1. The molecule has 0 saturated carbocycles. The summed E-state index contributed by atoms with van der Waals surface area (Å²) in [7, 11) is 0. The zero-order valence-electron chi connectivity index (χ0n) is 9.04. The second-order valence-corrected chi connectivity index (χ2v) is 4.68. The number of nitrogens with zero attached hydrogens (tertiary/aromatic N) is 1. The number of hydrogen-bond donors (Lipinski definition) is 2. The molecule has 0 aliphatic carbocycles. The fourth-order valence-corrected chi connectivity index (χ4v) is 2.47. The minimum absolute atomic E-state index is 1.01. The van der Waals surface area contributed by atoms with E-state index in [1.165, 1.54) is 25.2 Å². The fourth-order valence-electron chi connectivity index (χ4n) is 1.80. The first kappa shape index (κ1) is 11.1. The molecule has 2 rings (SSSR count). The van der Waals surface area contributed by atoms with Gasteiger partial charge in [-0.05, 0) is 22.4 Å². The van der Waals surface area contributed by atoms with Crippen molar-refractivity contribution in [3.8, 4) is 0 Å². The number of piperazine rings is 1. The van der Waals surface area contributed by atoms with Crippen LogP contribution in [0.4, 0.5) is 0 Å². The van der Waals surface area contributed by atoms with Crippen LogP contribution in [-0.4, -0.2) is 44.2 Å². The summed E-state index contributed by atoms with van der Waals surface area (Å²) in [5.41, 5.74) is 1.40. The van der Waals surface area contributed by atoms with Crippen LogP contribution in [0.15, 0.2) is 16.8 Å². The monoisotopic (exact) mass is 225 g/mol. The molecule has 0 unspecified atom stereocenters. The minimum Gasteiger partial charge on any atom is -0.314 e. The Hall–Kier alpha value is -0.420. The number of nitrogens with one attached hydrogen (secondary N) is 2. The maximum absolute atomic E-state index is 3.48. The van der Waals surface area contributed by atoms with Crippen molar-refractivity contribution in [1.29, 1.82) is 0 Å². The summed E-state index contributed by atoms with van der Waals surface area (Å²) < 4.78 is 0. The summed E-state index contributed by atoms with van der Waals surface area (Å²) in [6.45, 7) is 7.95. The molecule has 1 aliphatic rings. The zero-order valence-corrected chi connectivity index (χ0v) is 9.85. The van der Waals surface area contributed by atoms with Gasteiger partial charge in [0.25, 0.3) is 0 Å². The van der Waals surface area contributed by atoms with Crippen LogP contribution in [0.5, 0.6) is 0 Å². The van der Waals surface area contributed by atoms with E-state index in [0.29, 0.717) is 0 Å². The lowest BCUT2D eigenvalue weighted by Gasteiger charge is -2.27. The van der Waals surface area contributed by atoms with Gasteiger partial charge in [-0.1, -0.05) is 0 Å². The molecule has 0 aromatic carbocycles. The molecule has 1 aromatic heterocycles. The van der Waals surface area contributed by atoms with E-state index in [1.54, 1.807) is 11.3 Å². The van der Waals surface area contributed by atoms with Crippen molar-refractivity contribution in [3.05, 3.63) is 22.4 Å². The van der Waals surface area contributed by atoms with E-state index in [4.69, 9.17) is 0 Å². The van der Waals surface area contributed by atoms with Crippen LogP contribution < -0.4 is 10.6 Å². The third-order valence-corrected chi connectivity index (χ3v) is 3.46. The molecule has 0 amide bonds.